The lowest BCUT2D eigenvalue weighted by molar-refractivity contribution is 0.132. The summed E-state index contributed by atoms with van der Waals surface area (Å²) < 4.78 is 5.46. The van der Waals surface area contributed by atoms with Crippen molar-refractivity contribution in [1.82, 2.24) is 4.90 Å². The number of ether oxygens (including phenoxy) is 1. The van der Waals surface area contributed by atoms with Gasteiger partial charge in [0.1, 0.15) is 6.10 Å². The van der Waals surface area contributed by atoms with Crippen molar-refractivity contribution < 1.29 is 9.53 Å². The van der Waals surface area contributed by atoms with Crippen LogP contribution in [0, 0.1) is 0 Å². The topological polar surface area (TPSA) is 29.5 Å². The van der Waals surface area contributed by atoms with Gasteiger partial charge in [0, 0.05) is 11.6 Å². The van der Waals surface area contributed by atoms with E-state index in [1.165, 1.54) is 5.56 Å². The van der Waals surface area contributed by atoms with Gasteiger partial charge in [0.05, 0.1) is 6.54 Å². The van der Waals surface area contributed by atoms with Crippen molar-refractivity contribution >= 4 is 17.7 Å². The number of carbonyl (C=O) groups is 1. The van der Waals surface area contributed by atoms with Gasteiger partial charge in [-0.1, -0.05) is 54.9 Å². The Morgan fingerprint density at radius 2 is 1.73 bits per heavy atom. The highest BCUT2D eigenvalue weighted by atomic mass is 35.5. The first kappa shape index (κ1) is 14.9. The van der Waals surface area contributed by atoms with E-state index in [0.29, 0.717) is 18.1 Å². The summed E-state index contributed by atoms with van der Waals surface area (Å²) in [6.45, 7) is 3.27. The minimum absolute atomic E-state index is 0.223. The van der Waals surface area contributed by atoms with Crippen molar-refractivity contribution in [2.24, 2.45) is 0 Å². The van der Waals surface area contributed by atoms with Crippen LogP contribution < -0.4 is 0 Å². The standard InChI is InChI=1S/C18H18ClNO2/c1-2-13-3-5-14(6-4-13)11-20-12-17(22-18(20)21)15-7-9-16(19)10-8-15/h3-10,17H,2,11-12H2,1H3/t17-/m0/s1. The molecule has 1 fully saturated rings. The highest BCUT2D eigenvalue weighted by molar-refractivity contribution is 6.30. The normalized spacial score (nSPS) is 17.6. The molecule has 3 rings (SSSR count). The average Bonchev–Trinajstić information content (AvgIpc) is 2.90. The molecule has 1 aliphatic heterocycles. The molecule has 0 aromatic heterocycles. The predicted octanol–water partition coefficient (Wildman–Crippen LogP) is 4.60. The monoisotopic (exact) mass is 315 g/mol. The first-order valence-corrected chi connectivity index (χ1v) is 7.82. The summed E-state index contributed by atoms with van der Waals surface area (Å²) in [6.07, 6.45) is 0.532. The van der Waals surface area contributed by atoms with E-state index < -0.39 is 0 Å². The zero-order valence-electron chi connectivity index (χ0n) is 12.5. The second-order valence-corrected chi connectivity index (χ2v) is 5.91. The molecular weight excluding hydrogens is 298 g/mol. The van der Waals surface area contributed by atoms with Crippen LogP contribution in [0.2, 0.25) is 5.02 Å². The summed E-state index contributed by atoms with van der Waals surface area (Å²) in [4.78, 5) is 13.8. The molecule has 22 heavy (non-hydrogen) atoms. The van der Waals surface area contributed by atoms with E-state index in [9.17, 15) is 4.79 Å². The zero-order valence-corrected chi connectivity index (χ0v) is 13.2. The number of rotatable bonds is 4. The Hall–Kier alpha value is -2.00. The maximum Gasteiger partial charge on any atom is 0.410 e. The molecule has 0 saturated carbocycles. The molecule has 2 aromatic carbocycles. The van der Waals surface area contributed by atoms with Crippen LogP contribution in [0.25, 0.3) is 0 Å². The SMILES string of the molecule is CCc1ccc(CN2C[C@@H](c3ccc(Cl)cc3)OC2=O)cc1. The lowest BCUT2D eigenvalue weighted by Gasteiger charge is -2.13. The van der Waals surface area contributed by atoms with E-state index in [4.69, 9.17) is 16.3 Å². The smallest absolute Gasteiger partial charge is 0.410 e. The molecule has 0 radical (unpaired) electrons. The summed E-state index contributed by atoms with van der Waals surface area (Å²) in [5.74, 6) is 0. The van der Waals surface area contributed by atoms with Crippen molar-refractivity contribution in [2.75, 3.05) is 6.54 Å². The molecule has 1 heterocycles. The number of carbonyl (C=O) groups excluding carboxylic acids is 1. The van der Waals surface area contributed by atoms with Gasteiger partial charge < -0.3 is 4.74 Å². The lowest BCUT2D eigenvalue weighted by Crippen LogP contribution is -2.23. The number of cyclic esters (lactones) is 1. The van der Waals surface area contributed by atoms with Gasteiger partial charge in [-0.05, 0) is 35.2 Å². The predicted molar refractivity (Wildman–Crippen MR) is 86.9 cm³/mol. The van der Waals surface area contributed by atoms with Crippen molar-refractivity contribution in [3.63, 3.8) is 0 Å². The molecule has 4 heteroatoms. The molecule has 1 atom stereocenters. The van der Waals surface area contributed by atoms with Crippen molar-refractivity contribution in [2.45, 2.75) is 26.0 Å². The largest absolute Gasteiger partial charge is 0.439 e. The van der Waals surface area contributed by atoms with Crippen LogP contribution in [0.3, 0.4) is 0 Å². The van der Waals surface area contributed by atoms with Crippen molar-refractivity contribution in [1.29, 1.82) is 0 Å². The number of halogens is 1. The number of benzene rings is 2. The summed E-state index contributed by atoms with van der Waals surface area (Å²) in [7, 11) is 0. The second kappa shape index (κ2) is 6.41. The molecular formula is C18H18ClNO2. The zero-order chi connectivity index (χ0) is 15.5. The molecule has 114 valence electrons. The fourth-order valence-corrected chi connectivity index (χ4v) is 2.71. The Morgan fingerprint density at radius 3 is 2.36 bits per heavy atom. The fraction of sp³-hybridized carbons (Fsp3) is 0.278. The minimum atomic E-state index is -0.264. The number of hydrogen-bond donors (Lipinski definition) is 0. The first-order valence-electron chi connectivity index (χ1n) is 7.44. The van der Waals surface area contributed by atoms with Crippen LogP contribution in [-0.4, -0.2) is 17.5 Å². The Kier molecular flexibility index (Phi) is 4.34. The Bertz CT molecular complexity index is 652. The summed E-state index contributed by atoms with van der Waals surface area (Å²) >= 11 is 5.89. The van der Waals surface area contributed by atoms with E-state index in [2.05, 4.69) is 31.2 Å². The Labute approximate surface area is 135 Å². The van der Waals surface area contributed by atoms with Crippen molar-refractivity contribution in [3.8, 4) is 0 Å². The summed E-state index contributed by atoms with van der Waals surface area (Å²) in [5.41, 5.74) is 3.39. The van der Waals surface area contributed by atoms with E-state index in [-0.39, 0.29) is 12.2 Å². The Morgan fingerprint density at radius 1 is 1.09 bits per heavy atom. The number of hydrogen-bond acceptors (Lipinski definition) is 2. The second-order valence-electron chi connectivity index (χ2n) is 5.47. The van der Waals surface area contributed by atoms with Gasteiger partial charge in [-0.15, -0.1) is 0 Å². The highest BCUT2D eigenvalue weighted by Crippen LogP contribution is 2.28. The molecule has 3 nitrogen and oxygen atoms in total. The molecule has 0 aliphatic carbocycles. The van der Waals surface area contributed by atoms with E-state index >= 15 is 0 Å². The molecule has 0 spiro atoms. The summed E-state index contributed by atoms with van der Waals surface area (Å²) in [5, 5.41) is 0.681. The molecule has 0 bridgehead atoms. The van der Waals surface area contributed by atoms with Crippen LogP contribution in [-0.2, 0) is 17.7 Å². The van der Waals surface area contributed by atoms with Crippen LogP contribution in [0.15, 0.2) is 48.5 Å². The fourth-order valence-electron chi connectivity index (χ4n) is 2.59. The van der Waals surface area contributed by atoms with Crippen LogP contribution in [0.1, 0.15) is 29.7 Å². The maximum absolute atomic E-state index is 12.0. The lowest BCUT2D eigenvalue weighted by atomic mass is 10.1. The average molecular weight is 316 g/mol. The summed E-state index contributed by atoms with van der Waals surface area (Å²) in [6, 6.07) is 15.8. The first-order chi connectivity index (χ1) is 10.7. The van der Waals surface area contributed by atoms with Crippen LogP contribution in [0.4, 0.5) is 4.79 Å². The van der Waals surface area contributed by atoms with Gasteiger partial charge in [-0.2, -0.15) is 0 Å². The van der Waals surface area contributed by atoms with Gasteiger partial charge in [0.2, 0.25) is 0 Å². The molecule has 0 N–H and O–H groups in total. The minimum Gasteiger partial charge on any atom is -0.439 e. The van der Waals surface area contributed by atoms with E-state index in [1.807, 2.05) is 24.3 Å². The number of amides is 1. The molecule has 1 aliphatic rings. The molecule has 1 saturated heterocycles. The van der Waals surface area contributed by atoms with Gasteiger partial charge in [-0.3, -0.25) is 4.90 Å². The number of nitrogens with zero attached hydrogens (tertiary/aromatic N) is 1. The number of aryl methyl sites for hydroxylation is 1. The molecule has 2 aromatic rings. The third-order valence-electron chi connectivity index (χ3n) is 3.93. The van der Waals surface area contributed by atoms with Crippen LogP contribution in [0.5, 0.6) is 0 Å². The maximum atomic E-state index is 12.0. The Balaban J connectivity index is 1.67. The third-order valence-corrected chi connectivity index (χ3v) is 4.19. The van der Waals surface area contributed by atoms with Gasteiger partial charge in [-0.25, -0.2) is 4.79 Å². The van der Waals surface area contributed by atoms with Crippen molar-refractivity contribution in [3.05, 3.63) is 70.2 Å². The molecule has 0 unspecified atom stereocenters. The van der Waals surface area contributed by atoms with Crippen LogP contribution >= 0.6 is 11.6 Å². The van der Waals surface area contributed by atoms with Gasteiger partial charge in [0.15, 0.2) is 0 Å². The molecule has 1 amide bonds. The third kappa shape index (κ3) is 3.25. The van der Waals surface area contributed by atoms with E-state index in [0.717, 1.165) is 17.5 Å². The van der Waals surface area contributed by atoms with Gasteiger partial charge in [0.25, 0.3) is 0 Å². The quantitative estimate of drug-likeness (QED) is 0.825. The van der Waals surface area contributed by atoms with E-state index in [1.54, 1.807) is 4.90 Å². The van der Waals surface area contributed by atoms with Gasteiger partial charge >= 0.3 is 6.09 Å². The highest BCUT2D eigenvalue weighted by Gasteiger charge is 2.32.